The lowest BCUT2D eigenvalue weighted by molar-refractivity contribution is -0.148. The maximum atomic E-state index is 12.1. The molecule has 0 aromatic heterocycles. The predicted octanol–water partition coefficient (Wildman–Crippen LogP) is -0.289. The fourth-order valence-corrected chi connectivity index (χ4v) is 2.31. The molecule has 0 bridgehead atoms. The van der Waals surface area contributed by atoms with Crippen LogP contribution in [0.25, 0.3) is 0 Å². The Hall–Kier alpha value is -1.38. The number of nitrogens with one attached hydrogen (secondary N) is 2. The number of nitrogens with zero attached hydrogens (tertiary/aromatic N) is 1. The number of ether oxygens (including phenoxy) is 2. The minimum Gasteiger partial charge on any atom is -0.463 e. The van der Waals surface area contributed by atoms with E-state index in [4.69, 9.17) is 9.47 Å². The lowest BCUT2D eigenvalue weighted by atomic mass is 10.1. The first-order valence-electron chi connectivity index (χ1n) is 8.57. The molecule has 2 rings (SSSR count). The van der Waals surface area contributed by atoms with E-state index in [0.717, 1.165) is 12.8 Å². The minimum atomic E-state index is -0.762. The summed E-state index contributed by atoms with van der Waals surface area (Å²) in [6.07, 6.45) is 1.02. The second-order valence-corrected chi connectivity index (χ2v) is 7.08. The molecular formula is C16H29N3O5. The van der Waals surface area contributed by atoms with E-state index < -0.39 is 6.10 Å². The van der Waals surface area contributed by atoms with Crippen molar-refractivity contribution >= 4 is 12.0 Å². The van der Waals surface area contributed by atoms with E-state index in [2.05, 4.69) is 10.6 Å². The number of rotatable bonds is 8. The van der Waals surface area contributed by atoms with Gasteiger partial charge in [0.25, 0.3) is 0 Å². The van der Waals surface area contributed by atoms with Crippen molar-refractivity contribution in [2.24, 2.45) is 5.92 Å². The third kappa shape index (κ3) is 6.62. The molecule has 2 aliphatic rings. The molecule has 1 atom stereocenters. The molecule has 24 heavy (non-hydrogen) atoms. The number of aliphatic hydroxyl groups excluding tert-OH is 1. The van der Waals surface area contributed by atoms with Crippen LogP contribution in [0.15, 0.2) is 0 Å². The maximum Gasteiger partial charge on any atom is 0.317 e. The molecule has 1 heterocycles. The molecule has 1 aliphatic carbocycles. The average molecular weight is 343 g/mol. The van der Waals surface area contributed by atoms with Gasteiger partial charge in [-0.05, 0) is 26.7 Å². The Morgan fingerprint density at radius 2 is 2.00 bits per heavy atom. The van der Waals surface area contributed by atoms with Crippen molar-refractivity contribution in [2.45, 2.75) is 38.3 Å². The number of amides is 2. The first kappa shape index (κ1) is 19.0. The minimum absolute atomic E-state index is 0.00144. The van der Waals surface area contributed by atoms with E-state index in [0.29, 0.717) is 39.4 Å². The van der Waals surface area contributed by atoms with Crippen molar-refractivity contribution in [2.75, 3.05) is 46.0 Å². The molecule has 1 saturated heterocycles. The number of carbonyl (C=O) groups excluding carboxylic acids is 2. The highest BCUT2D eigenvalue weighted by Crippen LogP contribution is 2.30. The molecule has 1 aliphatic heterocycles. The first-order chi connectivity index (χ1) is 11.4. The number of hydrogen-bond acceptors (Lipinski definition) is 6. The second-order valence-electron chi connectivity index (χ2n) is 7.08. The van der Waals surface area contributed by atoms with Crippen molar-refractivity contribution in [1.29, 1.82) is 0 Å². The van der Waals surface area contributed by atoms with Gasteiger partial charge < -0.3 is 30.1 Å². The Labute approximate surface area is 142 Å². The van der Waals surface area contributed by atoms with Crippen LogP contribution in [-0.2, 0) is 14.3 Å². The van der Waals surface area contributed by atoms with Gasteiger partial charge in [0.15, 0.2) is 0 Å². The van der Waals surface area contributed by atoms with Gasteiger partial charge in [0.2, 0.25) is 0 Å². The Morgan fingerprint density at radius 1 is 1.33 bits per heavy atom. The molecule has 2 amide bonds. The average Bonchev–Trinajstić information content (AvgIpc) is 3.42. The van der Waals surface area contributed by atoms with Gasteiger partial charge in [-0.1, -0.05) is 0 Å². The smallest absolute Gasteiger partial charge is 0.317 e. The first-order valence-corrected chi connectivity index (χ1v) is 8.57. The summed E-state index contributed by atoms with van der Waals surface area (Å²) in [6, 6.07) is -0.105. The molecule has 1 saturated carbocycles. The van der Waals surface area contributed by atoms with E-state index in [1.54, 1.807) is 4.90 Å². The summed E-state index contributed by atoms with van der Waals surface area (Å²) < 4.78 is 10.3. The molecule has 2 fully saturated rings. The monoisotopic (exact) mass is 343 g/mol. The van der Waals surface area contributed by atoms with E-state index >= 15 is 0 Å². The van der Waals surface area contributed by atoms with Crippen molar-refractivity contribution in [3.05, 3.63) is 0 Å². The number of β-amino-alcohol motifs (C(OH)–C–C–N with tert-alkyl or cyclic N) is 1. The van der Waals surface area contributed by atoms with Gasteiger partial charge in [0, 0.05) is 31.7 Å². The second kappa shape index (κ2) is 8.64. The molecule has 0 aromatic carbocycles. The molecule has 138 valence electrons. The van der Waals surface area contributed by atoms with Crippen LogP contribution in [0.5, 0.6) is 0 Å². The highest BCUT2D eigenvalue weighted by Gasteiger charge is 2.31. The van der Waals surface area contributed by atoms with Gasteiger partial charge in [-0.15, -0.1) is 0 Å². The van der Waals surface area contributed by atoms with Crippen molar-refractivity contribution in [3.63, 3.8) is 0 Å². The van der Waals surface area contributed by atoms with Crippen LogP contribution in [-0.4, -0.2) is 79.6 Å². The molecule has 0 aromatic rings. The zero-order chi connectivity index (χ0) is 17.6. The van der Waals surface area contributed by atoms with Gasteiger partial charge in [0.05, 0.1) is 19.1 Å². The summed E-state index contributed by atoms with van der Waals surface area (Å²) in [4.78, 5) is 25.2. The van der Waals surface area contributed by atoms with E-state index in [9.17, 15) is 14.7 Å². The molecule has 0 spiro atoms. The van der Waals surface area contributed by atoms with Crippen LogP contribution in [0.1, 0.15) is 26.7 Å². The molecule has 8 nitrogen and oxygen atoms in total. The summed E-state index contributed by atoms with van der Waals surface area (Å²) in [5.41, 5.74) is -0.385. The molecule has 0 radical (unpaired) electrons. The van der Waals surface area contributed by atoms with Gasteiger partial charge in [0.1, 0.15) is 12.7 Å². The van der Waals surface area contributed by atoms with Crippen LogP contribution in [0.4, 0.5) is 4.79 Å². The Bertz CT molecular complexity index is 433. The van der Waals surface area contributed by atoms with Gasteiger partial charge in [-0.25, -0.2) is 4.79 Å². The number of morpholine rings is 1. The molecule has 3 N–H and O–H groups in total. The van der Waals surface area contributed by atoms with Crippen LogP contribution in [0, 0.1) is 5.92 Å². The number of esters is 1. The van der Waals surface area contributed by atoms with Crippen LogP contribution in [0.3, 0.4) is 0 Å². The van der Waals surface area contributed by atoms with Gasteiger partial charge >= 0.3 is 12.0 Å². The largest absolute Gasteiger partial charge is 0.463 e. The quantitative estimate of drug-likeness (QED) is 0.524. The standard InChI is InChI=1S/C16H29N3O5/c1-16(2,11-17-15(22)19-5-7-23-8-6-19)18-9-13(20)10-24-14(21)12-3-4-12/h12-13,18,20H,3-11H2,1-2H3,(H,17,22). The van der Waals surface area contributed by atoms with Crippen molar-refractivity contribution in [1.82, 2.24) is 15.5 Å². The summed E-state index contributed by atoms with van der Waals surface area (Å²) in [6.45, 7) is 6.94. The number of urea groups is 1. The molecule has 8 heteroatoms. The fourth-order valence-electron chi connectivity index (χ4n) is 2.31. The third-order valence-electron chi connectivity index (χ3n) is 4.12. The third-order valence-corrected chi connectivity index (χ3v) is 4.12. The highest BCUT2D eigenvalue weighted by molar-refractivity contribution is 5.75. The van der Waals surface area contributed by atoms with Crippen LogP contribution in [0.2, 0.25) is 0 Å². The SMILES string of the molecule is CC(C)(CNC(=O)N1CCOCC1)NCC(O)COC(=O)C1CC1. The fraction of sp³-hybridized carbons (Fsp3) is 0.875. The van der Waals surface area contributed by atoms with Gasteiger partial charge in [-0.3, -0.25) is 4.79 Å². The van der Waals surface area contributed by atoms with Gasteiger partial charge in [-0.2, -0.15) is 0 Å². The van der Waals surface area contributed by atoms with E-state index in [1.165, 1.54) is 0 Å². The summed E-state index contributed by atoms with van der Waals surface area (Å²) in [5.74, 6) is -0.178. The lowest BCUT2D eigenvalue weighted by Crippen LogP contribution is -2.54. The zero-order valence-corrected chi connectivity index (χ0v) is 14.5. The van der Waals surface area contributed by atoms with Crippen LogP contribution >= 0.6 is 0 Å². The maximum absolute atomic E-state index is 12.1. The summed E-state index contributed by atoms with van der Waals surface area (Å²) >= 11 is 0. The normalized spacial score (nSPS) is 19.7. The van der Waals surface area contributed by atoms with Crippen molar-refractivity contribution in [3.8, 4) is 0 Å². The highest BCUT2D eigenvalue weighted by atomic mass is 16.5. The van der Waals surface area contributed by atoms with E-state index in [1.807, 2.05) is 13.8 Å². The number of carbonyl (C=O) groups is 2. The predicted molar refractivity (Wildman–Crippen MR) is 87.6 cm³/mol. The Kier molecular flexibility index (Phi) is 6.82. The topological polar surface area (TPSA) is 100 Å². The number of aliphatic hydroxyl groups is 1. The van der Waals surface area contributed by atoms with E-state index in [-0.39, 0.29) is 30.1 Å². The lowest BCUT2D eigenvalue weighted by Gasteiger charge is -2.31. The Balaban J connectivity index is 1.60. The molecule has 1 unspecified atom stereocenters. The summed E-state index contributed by atoms with van der Waals surface area (Å²) in [5, 5.41) is 16.0. The van der Waals surface area contributed by atoms with Crippen molar-refractivity contribution < 1.29 is 24.2 Å². The van der Waals surface area contributed by atoms with Crippen LogP contribution < -0.4 is 10.6 Å². The zero-order valence-electron chi connectivity index (χ0n) is 14.5. The Morgan fingerprint density at radius 3 is 2.62 bits per heavy atom. The summed E-state index contributed by atoms with van der Waals surface area (Å²) in [7, 11) is 0. The number of hydrogen-bond donors (Lipinski definition) is 3. The molecular weight excluding hydrogens is 314 g/mol.